The zero-order valence-corrected chi connectivity index (χ0v) is 17.1. The van der Waals surface area contributed by atoms with Gasteiger partial charge in [0, 0.05) is 11.8 Å². The molecule has 0 aromatic heterocycles. The fourth-order valence-electron chi connectivity index (χ4n) is 2.09. The van der Waals surface area contributed by atoms with Gasteiger partial charge in [-0.05, 0) is 39.3 Å². The van der Waals surface area contributed by atoms with Crippen LogP contribution in [-0.4, -0.2) is 39.0 Å². The van der Waals surface area contributed by atoms with Crippen molar-refractivity contribution in [2.24, 2.45) is 0 Å². The highest BCUT2D eigenvalue weighted by molar-refractivity contribution is 7.90. The molecule has 0 saturated carbocycles. The third-order valence-corrected chi connectivity index (χ3v) is 4.42. The molecule has 0 heterocycles. The van der Waals surface area contributed by atoms with E-state index in [9.17, 15) is 18.0 Å². The van der Waals surface area contributed by atoms with E-state index in [4.69, 9.17) is 14.2 Å². The predicted octanol–water partition coefficient (Wildman–Crippen LogP) is 4.00. The third kappa shape index (κ3) is 6.71. The molecule has 7 nitrogen and oxygen atoms in total. The summed E-state index contributed by atoms with van der Waals surface area (Å²) in [7, 11) is -3.79. The fraction of sp³-hybridized carbons (Fsp3) is 0.474. The number of hydrogen-bond donors (Lipinski definition) is 0. The van der Waals surface area contributed by atoms with Crippen LogP contribution < -0.4 is 4.74 Å². The third-order valence-electron chi connectivity index (χ3n) is 3.28. The molecule has 150 valence electrons. The maximum Gasteiger partial charge on any atom is 0.514 e. The van der Waals surface area contributed by atoms with Gasteiger partial charge in [-0.25, -0.2) is 18.0 Å². The van der Waals surface area contributed by atoms with Crippen molar-refractivity contribution in [3.8, 4) is 5.75 Å². The Bertz CT molecular complexity index is 817. The minimum absolute atomic E-state index is 0.114. The molecule has 1 aromatic carbocycles. The van der Waals surface area contributed by atoms with E-state index in [-0.39, 0.29) is 28.4 Å². The topological polar surface area (TPSA) is 96.0 Å². The number of carbonyl (C=O) groups is 2. The zero-order valence-electron chi connectivity index (χ0n) is 16.3. The average molecular weight is 398 g/mol. The summed E-state index contributed by atoms with van der Waals surface area (Å²) in [6.45, 7) is 10.6. The average Bonchev–Trinajstić information content (AvgIpc) is 2.51. The summed E-state index contributed by atoms with van der Waals surface area (Å²) >= 11 is 0. The second-order valence-electron chi connectivity index (χ2n) is 6.89. The van der Waals surface area contributed by atoms with E-state index >= 15 is 0 Å². The van der Waals surface area contributed by atoms with E-state index in [2.05, 4.69) is 6.58 Å². The largest absolute Gasteiger partial charge is 0.514 e. The van der Waals surface area contributed by atoms with E-state index in [1.165, 1.54) is 18.2 Å². The van der Waals surface area contributed by atoms with E-state index in [0.29, 0.717) is 6.42 Å². The van der Waals surface area contributed by atoms with Crippen LogP contribution in [0.5, 0.6) is 5.75 Å². The highest BCUT2D eigenvalue weighted by atomic mass is 32.2. The molecular formula is C19H26O7S. The van der Waals surface area contributed by atoms with Gasteiger partial charge in [0.25, 0.3) is 0 Å². The first kappa shape index (κ1) is 22.7. The van der Waals surface area contributed by atoms with Gasteiger partial charge in [0.15, 0.2) is 15.6 Å². The maximum absolute atomic E-state index is 12.6. The van der Waals surface area contributed by atoms with Gasteiger partial charge in [-0.1, -0.05) is 26.0 Å². The SMILES string of the molecule is C=Cc1ccc(S(C)(=O)=O)c(C(=O)OCCCC)c1OC(=O)OC(C)(C)C. The number of benzene rings is 1. The Morgan fingerprint density at radius 3 is 2.33 bits per heavy atom. The lowest BCUT2D eigenvalue weighted by Crippen LogP contribution is -2.27. The molecule has 27 heavy (non-hydrogen) atoms. The maximum atomic E-state index is 12.6. The summed E-state index contributed by atoms with van der Waals surface area (Å²) in [5.41, 5.74) is -0.922. The summed E-state index contributed by atoms with van der Waals surface area (Å²) in [4.78, 5) is 24.4. The zero-order chi connectivity index (χ0) is 20.8. The van der Waals surface area contributed by atoms with Gasteiger partial charge in [0.1, 0.15) is 11.2 Å². The Morgan fingerprint density at radius 2 is 1.85 bits per heavy atom. The van der Waals surface area contributed by atoms with Crippen molar-refractivity contribution in [2.45, 2.75) is 51.0 Å². The lowest BCUT2D eigenvalue weighted by Gasteiger charge is -2.20. The van der Waals surface area contributed by atoms with Crippen molar-refractivity contribution in [3.63, 3.8) is 0 Å². The molecule has 1 rings (SSSR count). The molecule has 0 aliphatic heterocycles. The minimum Gasteiger partial charge on any atom is -0.462 e. The van der Waals surface area contributed by atoms with Crippen molar-refractivity contribution >= 4 is 28.0 Å². The quantitative estimate of drug-likeness (QED) is 0.389. The number of unbranched alkanes of at least 4 members (excludes halogenated alkanes) is 1. The van der Waals surface area contributed by atoms with Crippen molar-refractivity contribution < 1.29 is 32.2 Å². The van der Waals surface area contributed by atoms with Crippen LogP contribution >= 0.6 is 0 Å². The molecule has 0 unspecified atom stereocenters. The van der Waals surface area contributed by atoms with E-state index in [0.717, 1.165) is 12.7 Å². The fourth-order valence-corrected chi connectivity index (χ4v) is 2.95. The minimum atomic E-state index is -3.79. The molecule has 0 fully saturated rings. The Labute approximate surface area is 160 Å². The summed E-state index contributed by atoms with van der Waals surface area (Å²) in [6.07, 6.45) is 2.63. The lowest BCUT2D eigenvalue weighted by atomic mass is 10.1. The number of ether oxygens (including phenoxy) is 3. The van der Waals surface area contributed by atoms with Crippen LogP contribution in [0, 0.1) is 0 Å². The second kappa shape index (κ2) is 9.03. The molecule has 0 saturated heterocycles. The lowest BCUT2D eigenvalue weighted by molar-refractivity contribution is 0.0200. The molecule has 0 bridgehead atoms. The molecular weight excluding hydrogens is 372 g/mol. The van der Waals surface area contributed by atoms with Gasteiger partial charge in [-0.3, -0.25) is 0 Å². The van der Waals surface area contributed by atoms with Gasteiger partial charge in [-0.15, -0.1) is 0 Å². The monoisotopic (exact) mass is 398 g/mol. The predicted molar refractivity (Wildman–Crippen MR) is 102 cm³/mol. The van der Waals surface area contributed by atoms with Crippen molar-refractivity contribution in [1.82, 2.24) is 0 Å². The van der Waals surface area contributed by atoms with Gasteiger partial charge in [-0.2, -0.15) is 0 Å². The molecule has 0 radical (unpaired) electrons. The van der Waals surface area contributed by atoms with E-state index in [1.807, 2.05) is 6.92 Å². The molecule has 0 atom stereocenters. The van der Waals surface area contributed by atoms with Crippen molar-refractivity contribution in [3.05, 3.63) is 29.8 Å². The summed E-state index contributed by atoms with van der Waals surface area (Å²) in [5, 5.41) is 0. The molecule has 0 N–H and O–H groups in total. The van der Waals surface area contributed by atoms with Gasteiger partial charge in [0.05, 0.1) is 11.5 Å². The number of esters is 1. The van der Waals surface area contributed by atoms with Crippen LogP contribution in [-0.2, 0) is 19.3 Å². The normalized spacial score (nSPS) is 11.6. The number of sulfone groups is 1. The van der Waals surface area contributed by atoms with Gasteiger partial charge in [0.2, 0.25) is 0 Å². The summed E-state index contributed by atoms with van der Waals surface area (Å²) in [5.74, 6) is -1.16. The second-order valence-corrected chi connectivity index (χ2v) is 8.87. The highest BCUT2D eigenvalue weighted by Crippen LogP contribution is 2.32. The van der Waals surface area contributed by atoms with Crippen LogP contribution in [0.25, 0.3) is 6.08 Å². The Balaban J connectivity index is 3.49. The first-order valence-electron chi connectivity index (χ1n) is 8.48. The van der Waals surface area contributed by atoms with Gasteiger partial charge >= 0.3 is 12.1 Å². The molecule has 0 amide bonds. The number of carbonyl (C=O) groups excluding carboxylic acids is 2. The standard InChI is InChI=1S/C19H26O7S/c1-7-9-12-24-17(20)15-14(27(6,22)23)11-10-13(8-2)16(15)25-18(21)26-19(3,4)5/h8,10-11H,2,7,9,12H2,1,3-6H3. The smallest absolute Gasteiger partial charge is 0.462 e. The van der Waals surface area contributed by atoms with Crippen LogP contribution in [0.15, 0.2) is 23.6 Å². The molecule has 8 heteroatoms. The molecule has 1 aromatic rings. The Hall–Kier alpha value is -2.35. The molecule has 0 aliphatic rings. The van der Waals surface area contributed by atoms with Crippen LogP contribution in [0.4, 0.5) is 4.79 Å². The molecule has 0 aliphatic carbocycles. The van der Waals surface area contributed by atoms with Crippen molar-refractivity contribution in [1.29, 1.82) is 0 Å². The van der Waals surface area contributed by atoms with Crippen molar-refractivity contribution in [2.75, 3.05) is 12.9 Å². The van der Waals surface area contributed by atoms with Crippen LogP contribution in [0.3, 0.4) is 0 Å². The summed E-state index contributed by atoms with van der Waals surface area (Å²) in [6, 6.07) is 2.65. The number of hydrogen-bond acceptors (Lipinski definition) is 7. The number of rotatable bonds is 7. The molecule has 0 spiro atoms. The first-order valence-corrected chi connectivity index (χ1v) is 10.4. The Kier molecular flexibility index (Phi) is 7.59. The van der Waals surface area contributed by atoms with Crippen LogP contribution in [0.1, 0.15) is 56.5 Å². The first-order chi connectivity index (χ1) is 12.4. The van der Waals surface area contributed by atoms with E-state index in [1.54, 1.807) is 20.8 Å². The summed E-state index contributed by atoms with van der Waals surface area (Å²) < 4.78 is 39.8. The van der Waals surface area contributed by atoms with Crippen LogP contribution in [0.2, 0.25) is 0 Å². The van der Waals surface area contributed by atoms with E-state index < -0.39 is 27.6 Å². The Morgan fingerprint density at radius 1 is 1.22 bits per heavy atom. The van der Waals surface area contributed by atoms with Gasteiger partial charge < -0.3 is 14.2 Å². The highest BCUT2D eigenvalue weighted by Gasteiger charge is 2.29.